The summed E-state index contributed by atoms with van der Waals surface area (Å²) in [6, 6.07) is 3.61. The normalized spacial score (nSPS) is 18.1. The van der Waals surface area contributed by atoms with E-state index in [4.69, 9.17) is 5.73 Å². The fraction of sp³-hybridized carbons (Fsp3) is 0.545. The Hall–Kier alpha value is -1.50. The molecule has 7 heteroatoms. The van der Waals surface area contributed by atoms with E-state index < -0.39 is 12.7 Å². The highest BCUT2D eigenvalue weighted by Crippen LogP contribution is 2.23. The van der Waals surface area contributed by atoms with Gasteiger partial charge in [-0.1, -0.05) is 0 Å². The minimum atomic E-state index is -4.13. The molecule has 0 atom stereocenters. The largest absolute Gasteiger partial charge is 0.401 e. The van der Waals surface area contributed by atoms with Crippen molar-refractivity contribution in [3.8, 4) is 0 Å². The zero-order chi connectivity index (χ0) is 13.2. The molecule has 0 bridgehead atoms. The lowest BCUT2D eigenvalue weighted by Crippen LogP contribution is -2.49. The second-order valence-corrected chi connectivity index (χ2v) is 4.29. The van der Waals surface area contributed by atoms with Gasteiger partial charge in [0.15, 0.2) is 0 Å². The van der Waals surface area contributed by atoms with E-state index in [1.54, 1.807) is 12.3 Å². The molecule has 0 aromatic carbocycles. The number of piperazine rings is 1. The first-order valence-electron chi connectivity index (χ1n) is 5.70. The summed E-state index contributed by atoms with van der Waals surface area (Å²) in [6.07, 6.45) is -2.53. The van der Waals surface area contributed by atoms with Crippen molar-refractivity contribution in [3.63, 3.8) is 0 Å². The summed E-state index contributed by atoms with van der Waals surface area (Å²) in [5.41, 5.74) is 6.54. The molecule has 1 aliphatic heterocycles. The molecule has 1 fully saturated rings. The summed E-state index contributed by atoms with van der Waals surface area (Å²) < 4.78 is 36.7. The number of alkyl halides is 3. The maximum absolute atomic E-state index is 12.2. The van der Waals surface area contributed by atoms with Crippen molar-refractivity contribution in [2.24, 2.45) is 0 Å². The van der Waals surface area contributed by atoms with Crippen molar-refractivity contribution in [3.05, 3.63) is 18.3 Å². The molecule has 0 amide bonds. The third-order valence-electron chi connectivity index (χ3n) is 2.93. The molecule has 0 radical (unpaired) electrons. The van der Waals surface area contributed by atoms with Crippen LogP contribution in [0.2, 0.25) is 0 Å². The molecule has 1 aromatic rings. The highest BCUT2D eigenvalue weighted by molar-refractivity contribution is 5.63. The Morgan fingerprint density at radius 2 is 1.89 bits per heavy atom. The maximum atomic E-state index is 12.2. The Bertz CT molecular complexity index is 400. The van der Waals surface area contributed by atoms with E-state index in [1.165, 1.54) is 4.90 Å². The van der Waals surface area contributed by atoms with Crippen molar-refractivity contribution >= 4 is 11.5 Å². The van der Waals surface area contributed by atoms with Gasteiger partial charge in [0.2, 0.25) is 0 Å². The number of nitrogen functional groups attached to an aromatic ring is 1. The van der Waals surface area contributed by atoms with Gasteiger partial charge in [-0.2, -0.15) is 13.2 Å². The Kier molecular flexibility index (Phi) is 3.60. The number of nitrogens with zero attached hydrogens (tertiary/aromatic N) is 3. The van der Waals surface area contributed by atoms with Crippen LogP contribution in [0.15, 0.2) is 18.3 Å². The van der Waals surface area contributed by atoms with Crippen LogP contribution in [0.3, 0.4) is 0 Å². The Morgan fingerprint density at radius 1 is 1.22 bits per heavy atom. The number of pyridine rings is 1. The number of hydrogen-bond acceptors (Lipinski definition) is 4. The lowest BCUT2D eigenvalue weighted by Gasteiger charge is -2.36. The van der Waals surface area contributed by atoms with Crippen molar-refractivity contribution in [2.75, 3.05) is 43.4 Å². The molecule has 18 heavy (non-hydrogen) atoms. The van der Waals surface area contributed by atoms with Crippen LogP contribution < -0.4 is 10.6 Å². The number of anilines is 2. The van der Waals surface area contributed by atoms with Crippen LogP contribution >= 0.6 is 0 Å². The van der Waals surface area contributed by atoms with Gasteiger partial charge in [-0.25, -0.2) is 4.98 Å². The van der Waals surface area contributed by atoms with Crippen LogP contribution in [0.25, 0.3) is 0 Å². The number of halogens is 3. The number of aromatic nitrogens is 1. The zero-order valence-corrected chi connectivity index (χ0v) is 9.82. The third-order valence-corrected chi connectivity index (χ3v) is 2.93. The molecular formula is C11H15F3N4. The van der Waals surface area contributed by atoms with Gasteiger partial charge in [0.25, 0.3) is 0 Å². The molecule has 2 N–H and O–H groups in total. The highest BCUT2D eigenvalue weighted by atomic mass is 19.4. The van der Waals surface area contributed by atoms with Gasteiger partial charge in [0.05, 0.1) is 12.2 Å². The van der Waals surface area contributed by atoms with E-state index in [1.807, 2.05) is 11.0 Å². The molecule has 0 saturated carbocycles. The first-order valence-corrected chi connectivity index (χ1v) is 5.70. The summed E-state index contributed by atoms with van der Waals surface area (Å²) >= 11 is 0. The van der Waals surface area contributed by atoms with E-state index in [-0.39, 0.29) is 0 Å². The maximum Gasteiger partial charge on any atom is 0.401 e. The van der Waals surface area contributed by atoms with E-state index >= 15 is 0 Å². The number of rotatable bonds is 2. The van der Waals surface area contributed by atoms with Gasteiger partial charge in [-0.15, -0.1) is 0 Å². The summed E-state index contributed by atoms with van der Waals surface area (Å²) in [4.78, 5) is 7.35. The Balaban J connectivity index is 1.93. The topological polar surface area (TPSA) is 45.4 Å². The molecule has 100 valence electrons. The second-order valence-electron chi connectivity index (χ2n) is 4.29. The summed E-state index contributed by atoms with van der Waals surface area (Å²) in [5, 5.41) is 0. The lowest BCUT2D eigenvalue weighted by molar-refractivity contribution is -0.146. The zero-order valence-electron chi connectivity index (χ0n) is 9.82. The van der Waals surface area contributed by atoms with Crippen LogP contribution in [0.1, 0.15) is 0 Å². The predicted molar refractivity (Wildman–Crippen MR) is 63.4 cm³/mol. The summed E-state index contributed by atoms with van der Waals surface area (Å²) in [6.45, 7) is 0.989. The molecule has 0 spiro atoms. The van der Waals surface area contributed by atoms with Crippen LogP contribution in [-0.2, 0) is 0 Å². The van der Waals surface area contributed by atoms with E-state index in [2.05, 4.69) is 4.98 Å². The smallest absolute Gasteiger partial charge is 0.382 e. The lowest BCUT2D eigenvalue weighted by atomic mass is 10.2. The first kappa shape index (κ1) is 12.9. The van der Waals surface area contributed by atoms with E-state index in [9.17, 15) is 13.2 Å². The Labute approximate surface area is 103 Å². The summed E-state index contributed by atoms with van der Waals surface area (Å²) in [5.74, 6) is 0.418. The molecule has 1 aliphatic rings. The fourth-order valence-corrected chi connectivity index (χ4v) is 2.08. The van der Waals surface area contributed by atoms with E-state index in [0.29, 0.717) is 32.0 Å². The molecule has 2 heterocycles. The molecule has 1 aromatic heterocycles. The average molecular weight is 260 g/mol. The van der Waals surface area contributed by atoms with E-state index in [0.717, 1.165) is 5.69 Å². The van der Waals surface area contributed by atoms with Crippen LogP contribution in [0, 0.1) is 0 Å². The average Bonchev–Trinajstić information content (AvgIpc) is 2.29. The molecule has 0 aliphatic carbocycles. The molecule has 1 saturated heterocycles. The van der Waals surface area contributed by atoms with Gasteiger partial charge in [0, 0.05) is 32.4 Å². The first-order chi connectivity index (χ1) is 8.46. The van der Waals surface area contributed by atoms with Gasteiger partial charge >= 0.3 is 6.18 Å². The van der Waals surface area contributed by atoms with Gasteiger partial charge in [-0.3, -0.25) is 4.90 Å². The van der Waals surface area contributed by atoms with Crippen molar-refractivity contribution in [1.82, 2.24) is 9.88 Å². The van der Waals surface area contributed by atoms with Gasteiger partial charge in [-0.05, 0) is 12.1 Å². The molecule has 2 rings (SSSR count). The SMILES string of the molecule is Nc1ncccc1N1CCN(CC(F)(F)F)CC1. The van der Waals surface area contributed by atoms with Crippen LogP contribution in [-0.4, -0.2) is 48.8 Å². The van der Waals surface area contributed by atoms with Crippen molar-refractivity contribution in [2.45, 2.75) is 6.18 Å². The van der Waals surface area contributed by atoms with Crippen LogP contribution in [0.5, 0.6) is 0 Å². The number of nitrogens with two attached hydrogens (primary N) is 1. The fourth-order valence-electron chi connectivity index (χ4n) is 2.08. The van der Waals surface area contributed by atoms with Gasteiger partial charge < -0.3 is 10.6 Å². The minimum absolute atomic E-state index is 0.383. The van der Waals surface area contributed by atoms with Crippen molar-refractivity contribution in [1.29, 1.82) is 0 Å². The molecule has 4 nitrogen and oxygen atoms in total. The minimum Gasteiger partial charge on any atom is -0.382 e. The third kappa shape index (κ3) is 3.25. The van der Waals surface area contributed by atoms with Crippen molar-refractivity contribution < 1.29 is 13.2 Å². The highest BCUT2D eigenvalue weighted by Gasteiger charge is 2.32. The Morgan fingerprint density at radius 3 is 2.44 bits per heavy atom. The predicted octanol–water partition coefficient (Wildman–Crippen LogP) is 1.35. The number of hydrogen-bond donors (Lipinski definition) is 1. The molecule has 0 unspecified atom stereocenters. The second kappa shape index (κ2) is 5.01. The quantitative estimate of drug-likeness (QED) is 0.871. The molecular weight excluding hydrogens is 245 g/mol. The summed E-state index contributed by atoms with van der Waals surface area (Å²) in [7, 11) is 0. The van der Waals surface area contributed by atoms with Crippen LogP contribution in [0.4, 0.5) is 24.7 Å². The monoisotopic (exact) mass is 260 g/mol. The van der Waals surface area contributed by atoms with Gasteiger partial charge in [0.1, 0.15) is 5.82 Å². The standard InChI is InChI=1S/C11H15F3N4/c12-11(13,14)8-17-4-6-18(7-5-17)9-2-1-3-16-10(9)15/h1-3H,4-8H2,(H2,15,16).